The lowest BCUT2D eigenvalue weighted by atomic mass is 10.1. The Balaban J connectivity index is 2.55. The van der Waals surface area contributed by atoms with Crippen LogP contribution in [0.25, 0.3) is 11.3 Å². The van der Waals surface area contributed by atoms with Crippen LogP contribution in [-0.4, -0.2) is 23.2 Å². The summed E-state index contributed by atoms with van der Waals surface area (Å²) in [6.07, 6.45) is 0.728. The zero-order valence-corrected chi connectivity index (χ0v) is 11.6. The number of nitrogens with two attached hydrogens (primary N) is 1. The molecule has 2 aromatic rings. The minimum atomic E-state index is 0.348. The van der Waals surface area contributed by atoms with Crippen LogP contribution in [0.5, 0.6) is 5.75 Å². The van der Waals surface area contributed by atoms with Crippen molar-refractivity contribution in [3.05, 3.63) is 42.0 Å². The highest BCUT2D eigenvalue weighted by molar-refractivity contribution is 5.91. The highest BCUT2D eigenvalue weighted by atomic mass is 16.5. The van der Waals surface area contributed by atoms with Gasteiger partial charge >= 0.3 is 0 Å². The lowest BCUT2D eigenvalue weighted by Crippen LogP contribution is -2.05. The summed E-state index contributed by atoms with van der Waals surface area (Å²) in [4.78, 5) is 11.3. The monoisotopic (exact) mass is 271 g/mol. The first-order valence-corrected chi connectivity index (χ1v) is 6.17. The number of hydrogen-bond acceptors (Lipinski definition) is 4. The van der Waals surface area contributed by atoms with E-state index in [0.717, 1.165) is 17.4 Å². The van der Waals surface area contributed by atoms with Gasteiger partial charge in [-0.15, -0.1) is 0 Å². The summed E-state index contributed by atoms with van der Waals surface area (Å²) < 4.78 is 6.77. The Morgan fingerprint density at radius 2 is 2.30 bits per heavy atom. The summed E-state index contributed by atoms with van der Waals surface area (Å²) in [7, 11) is 1.59. The average Bonchev–Trinajstić information content (AvgIpc) is 2.75. The highest BCUT2D eigenvalue weighted by Crippen LogP contribution is 2.28. The fourth-order valence-corrected chi connectivity index (χ4v) is 1.96. The number of anilines is 1. The highest BCUT2D eigenvalue weighted by Gasteiger charge is 2.16. The molecule has 5 nitrogen and oxygen atoms in total. The number of allylic oxidation sites excluding steroid dienone is 1. The zero-order valence-electron chi connectivity index (χ0n) is 11.6. The van der Waals surface area contributed by atoms with Gasteiger partial charge in [0.2, 0.25) is 0 Å². The van der Waals surface area contributed by atoms with E-state index in [4.69, 9.17) is 10.5 Å². The molecule has 104 valence electrons. The van der Waals surface area contributed by atoms with Gasteiger partial charge in [0.25, 0.3) is 0 Å². The predicted octanol–water partition coefficient (Wildman–Crippen LogP) is 2.53. The van der Waals surface area contributed by atoms with Crippen molar-refractivity contribution in [1.29, 1.82) is 0 Å². The third kappa shape index (κ3) is 2.56. The van der Waals surface area contributed by atoms with Gasteiger partial charge in [0.1, 0.15) is 17.3 Å². The second-order valence-electron chi connectivity index (χ2n) is 4.61. The zero-order chi connectivity index (χ0) is 14.7. The Bertz CT molecular complexity index is 659. The largest absolute Gasteiger partial charge is 0.497 e. The molecule has 1 heterocycles. The Kier molecular flexibility index (Phi) is 3.89. The average molecular weight is 271 g/mol. The summed E-state index contributed by atoms with van der Waals surface area (Å²) in [5, 5.41) is 4.41. The van der Waals surface area contributed by atoms with Crippen molar-refractivity contribution in [1.82, 2.24) is 9.78 Å². The molecule has 0 spiro atoms. The second-order valence-corrected chi connectivity index (χ2v) is 4.61. The molecule has 0 aliphatic carbocycles. The van der Waals surface area contributed by atoms with Crippen molar-refractivity contribution in [2.24, 2.45) is 0 Å². The van der Waals surface area contributed by atoms with Gasteiger partial charge in [-0.3, -0.25) is 4.79 Å². The number of methoxy groups -OCH3 is 1. The van der Waals surface area contributed by atoms with E-state index in [1.165, 1.54) is 0 Å². The summed E-state index contributed by atoms with van der Waals surface area (Å²) >= 11 is 0. The normalized spacial score (nSPS) is 10.3. The topological polar surface area (TPSA) is 70.1 Å². The Morgan fingerprint density at radius 1 is 1.55 bits per heavy atom. The van der Waals surface area contributed by atoms with Gasteiger partial charge in [-0.25, -0.2) is 4.68 Å². The molecule has 2 rings (SSSR count). The molecular formula is C15H17N3O2. The first kappa shape index (κ1) is 13.9. The Labute approximate surface area is 117 Å². The van der Waals surface area contributed by atoms with E-state index in [1.54, 1.807) is 11.8 Å². The van der Waals surface area contributed by atoms with E-state index in [2.05, 4.69) is 11.7 Å². The van der Waals surface area contributed by atoms with E-state index >= 15 is 0 Å². The fourth-order valence-electron chi connectivity index (χ4n) is 1.96. The van der Waals surface area contributed by atoms with Crippen LogP contribution in [0.3, 0.4) is 0 Å². The van der Waals surface area contributed by atoms with Gasteiger partial charge in [-0.05, 0) is 19.1 Å². The maximum atomic E-state index is 11.3. The molecule has 20 heavy (non-hydrogen) atoms. The smallest absolute Gasteiger partial charge is 0.156 e. The molecule has 5 heteroatoms. The molecule has 0 fully saturated rings. The van der Waals surface area contributed by atoms with E-state index in [9.17, 15) is 4.79 Å². The van der Waals surface area contributed by atoms with Crippen molar-refractivity contribution >= 4 is 12.1 Å². The Hall–Kier alpha value is -2.56. The van der Waals surface area contributed by atoms with Gasteiger partial charge < -0.3 is 10.5 Å². The van der Waals surface area contributed by atoms with Crippen LogP contribution >= 0.6 is 0 Å². The van der Waals surface area contributed by atoms with Crippen LogP contribution in [0.1, 0.15) is 17.3 Å². The first-order valence-electron chi connectivity index (χ1n) is 6.17. The van der Waals surface area contributed by atoms with E-state index < -0.39 is 0 Å². The summed E-state index contributed by atoms with van der Waals surface area (Å²) in [6, 6.07) is 7.36. The van der Waals surface area contributed by atoms with Gasteiger partial charge in [0.05, 0.1) is 19.2 Å². The molecule has 0 aliphatic heterocycles. The number of benzene rings is 1. The van der Waals surface area contributed by atoms with Crippen LogP contribution in [0.15, 0.2) is 36.4 Å². The fraction of sp³-hybridized carbons (Fsp3) is 0.200. The molecule has 0 aliphatic rings. The standard InChI is InChI=1S/C15H17N3O2/c1-10(2)8-18-15(16)13(9-19)14(17-18)11-5-4-6-12(7-11)20-3/h4-7,9H,1,8,16H2,2-3H3. The lowest BCUT2D eigenvalue weighted by Gasteiger charge is -2.03. The number of nitrogens with zero attached hydrogens (tertiary/aromatic N) is 2. The van der Waals surface area contributed by atoms with Crippen LogP contribution in [-0.2, 0) is 6.54 Å². The van der Waals surface area contributed by atoms with E-state index in [1.807, 2.05) is 31.2 Å². The number of hydrogen-bond donors (Lipinski definition) is 1. The SMILES string of the molecule is C=C(C)Cn1nc(-c2cccc(OC)c2)c(C=O)c1N. The molecule has 0 unspecified atom stereocenters. The van der Waals surface area contributed by atoms with Crippen LogP contribution < -0.4 is 10.5 Å². The van der Waals surface area contributed by atoms with Gasteiger partial charge in [-0.2, -0.15) is 5.10 Å². The minimum Gasteiger partial charge on any atom is -0.497 e. The van der Waals surface area contributed by atoms with Crippen molar-refractivity contribution < 1.29 is 9.53 Å². The van der Waals surface area contributed by atoms with E-state index in [-0.39, 0.29) is 0 Å². The molecular weight excluding hydrogens is 254 g/mol. The third-order valence-electron chi connectivity index (χ3n) is 2.91. The van der Waals surface area contributed by atoms with Gasteiger partial charge in [0, 0.05) is 5.56 Å². The quantitative estimate of drug-likeness (QED) is 0.670. The van der Waals surface area contributed by atoms with Crippen LogP contribution in [0, 0.1) is 0 Å². The number of aldehydes is 1. The molecule has 2 N–H and O–H groups in total. The predicted molar refractivity (Wildman–Crippen MR) is 78.8 cm³/mol. The van der Waals surface area contributed by atoms with Crippen LogP contribution in [0.4, 0.5) is 5.82 Å². The van der Waals surface area contributed by atoms with Gasteiger partial charge in [-0.1, -0.05) is 24.3 Å². The van der Waals surface area contributed by atoms with Gasteiger partial charge in [0.15, 0.2) is 6.29 Å². The third-order valence-corrected chi connectivity index (χ3v) is 2.91. The molecule has 0 radical (unpaired) electrons. The van der Waals surface area contributed by atoms with Crippen molar-refractivity contribution in [2.45, 2.75) is 13.5 Å². The summed E-state index contributed by atoms with van der Waals surface area (Å²) in [5.41, 5.74) is 8.61. The molecule has 1 aromatic carbocycles. The molecule has 0 atom stereocenters. The van der Waals surface area contributed by atoms with Crippen molar-refractivity contribution in [3.63, 3.8) is 0 Å². The number of carbonyl (C=O) groups is 1. The van der Waals surface area contributed by atoms with E-state index in [0.29, 0.717) is 29.4 Å². The number of nitrogen functional groups attached to an aromatic ring is 1. The molecule has 0 saturated heterocycles. The first-order chi connectivity index (χ1) is 9.56. The number of ether oxygens (including phenoxy) is 1. The Morgan fingerprint density at radius 3 is 2.90 bits per heavy atom. The number of rotatable bonds is 5. The maximum Gasteiger partial charge on any atom is 0.156 e. The molecule has 1 aromatic heterocycles. The number of carbonyl (C=O) groups excluding carboxylic acids is 1. The maximum absolute atomic E-state index is 11.3. The summed E-state index contributed by atoms with van der Waals surface area (Å²) in [5.74, 6) is 1.05. The van der Waals surface area contributed by atoms with Crippen molar-refractivity contribution in [2.75, 3.05) is 12.8 Å². The summed E-state index contributed by atoms with van der Waals surface area (Å²) in [6.45, 7) is 6.20. The second kappa shape index (κ2) is 5.61. The minimum absolute atomic E-state index is 0.348. The van der Waals surface area contributed by atoms with Crippen molar-refractivity contribution in [3.8, 4) is 17.0 Å². The number of aromatic nitrogens is 2. The lowest BCUT2D eigenvalue weighted by molar-refractivity contribution is 0.112. The molecule has 0 saturated carbocycles. The molecule has 0 bridgehead atoms. The molecule has 0 amide bonds. The van der Waals surface area contributed by atoms with Crippen LogP contribution in [0.2, 0.25) is 0 Å².